The van der Waals surface area contributed by atoms with Crippen LogP contribution in [0.5, 0.6) is 0 Å². The Labute approximate surface area is 129 Å². The van der Waals surface area contributed by atoms with Crippen molar-refractivity contribution in [2.24, 2.45) is 0 Å². The number of nitrogens with zero attached hydrogens (tertiary/aromatic N) is 4. The van der Waals surface area contributed by atoms with Crippen LogP contribution < -0.4 is 5.73 Å². The van der Waals surface area contributed by atoms with Crippen molar-refractivity contribution >= 4 is 24.6 Å². The molecule has 124 valence electrons. The van der Waals surface area contributed by atoms with Crippen molar-refractivity contribution in [2.75, 3.05) is 5.73 Å². The molecule has 0 amide bonds. The average molecular weight is 343 g/mol. The van der Waals surface area contributed by atoms with Crippen molar-refractivity contribution in [3.05, 3.63) is 24.5 Å². The van der Waals surface area contributed by atoms with Gasteiger partial charge in [0.1, 0.15) is 30.2 Å². The monoisotopic (exact) mass is 343 g/mol. The number of nitrogen functional groups attached to an aromatic ring is 1. The number of ether oxygens (including phenoxy) is 1. The summed E-state index contributed by atoms with van der Waals surface area (Å²) in [7, 11) is -4.40. The Kier molecular flexibility index (Phi) is 3.92. The topological polar surface area (TPSA) is 177 Å². The van der Waals surface area contributed by atoms with Crippen LogP contribution >= 0.6 is 7.60 Å². The van der Waals surface area contributed by atoms with Gasteiger partial charge in [-0.1, -0.05) is 0 Å². The molecule has 1 saturated heterocycles. The number of anilines is 1. The first kappa shape index (κ1) is 16.0. The van der Waals surface area contributed by atoms with Gasteiger partial charge in [0.15, 0.2) is 17.7 Å². The zero-order valence-electron chi connectivity index (χ0n) is 11.5. The molecule has 1 fully saturated rings. The van der Waals surface area contributed by atoms with Gasteiger partial charge in [0.2, 0.25) is 0 Å². The number of rotatable bonds is 3. The van der Waals surface area contributed by atoms with Gasteiger partial charge in [-0.05, 0) is 6.08 Å². The number of aliphatic hydroxyl groups excluding tert-OH is 2. The summed E-state index contributed by atoms with van der Waals surface area (Å²) < 4.78 is 17.7. The van der Waals surface area contributed by atoms with Crippen LogP contribution in [-0.4, -0.2) is 57.8 Å². The van der Waals surface area contributed by atoms with Gasteiger partial charge >= 0.3 is 7.60 Å². The lowest BCUT2D eigenvalue weighted by atomic mass is 10.1. The molecule has 3 heterocycles. The Morgan fingerprint density at radius 3 is 2.70 bits per heavy atom. The van der Waals surface area contributed by atoms with Gasteiger partial charge in [-0.15, -0.1) is 0 Å². The predicted octanol–water partition coefficient (Wildman–Crippen LogP) is -1.28. The Bertz CT molecular complexity index is 803. The molecule has 0 aliphatic carbocycles. The Morgan fingerprint density at radius 1 is 1.26 bits per heavy atom. The first-order valence-corrected chi connectivity index (χ1v) is 8.15. The first-order chi connectivity index (χ1) is 10.8. The number of imidazole rings is 1. The molecule has 0 radical (unpaired) electrons. The summed E-state index contributed by atoms with van der Waals surface area (Å²) in [4.78, 5) is 29.5. The minimum absolute atomic E-state index is 0.153. The minimum Gasteiger partial charge on any atom is -0.387 e. The highest BCUT2D eigenvalue weighted by molar-refractivity contribution is 7.55. The van der Waals surface area contributed by atoms with E-state index in [4.69, 9.17) is 20.3 Å². The molecule has 23 heavy (non-hydrogen) atoms. The largest absolute Gasteiger partial charge is 0.387 e. The number of hydrogen-bond acceptors (Lipinski definition) is 8. The highest BCUT2D eigenvalue weighted by Crippen LogP contribution is 2.38. The summed E-state index contributed by atoms with van der Waals surface area (Å²) in [5.74, 6) is 0.766. The van der Waals surface area contributed by atoms with Crippen LogP contribution in [0.15, 0.2) is 24.5 Å². The predicted molar refractivity (Wildman–Crippen MR) is 76.8 cm³/mol. The van der Waals surface area contributed by atoms with Crippen LogP contribution in [0.4, 0.5) is 5.82 Å². The number of nitrogens with two attached hydrogens (primary N) is 1. The zero-order valence-corrected chi connectivity index (χ0v) is 12.4. The highest BCUT2D eigenvalue weighted by Gasteiger charge is 2.43. The van der Waals surface area contributed by atoms with Gasteiger partial charge in [-0.25, -0.2) is 15.0 Å². The molecule has 4 atom stereocenters. The molecule has 1 aliphatic heterocycles. The molecule has 0 spiro atoms. The second kappa shape index (κ2) is 5.64. The van der Waals surface area contributed by atoms with E-state index in [1.165, 1.54) is 17.2 Å². The highest BCUT2D eigenvalue weighted by atomic mass is 31.2. The maximum Gasteiger partial charge on any atom is 0.348 e. The average Bonchev–Trinajstić information content (AvgIpc) is 3.01. The number of aromatic nitrogens is 4. The fourth-order valence-corrected chi connectivity index (χ4v) is 2.72. The van der Waals surface area contributed by atoms with Crippen LogP contribution in [0.2, 0.25) is 0 Å². The van der Waals surface area contributed by atoms with Crippen LogP contribution in [0.3, 0.4) is 0 Å². The van der Waals surface area contributed by atoms with E-state index in [-0.39, 0.29) is 5.82 Å². The second-order valence-corrected chi connectivity index (χ2v) is 6.46. The lowest BCUT2D eigenvalue weighted by Crippen LogP contribution is -2.30. The maximum atomic E-state index is 10.9. The van der Waals surface area contributed by atoms with E-state index >= 15 is 0 Å². The molecule has 1 aliphatic rings. The third kappa shape index (κ3) is 2.98. The van der Waals surface area contributed by atoms with E-state index < -0.39 is 32.1 Å². The van der Waals surface area contributed by atoms with Gasteiger partial charge in [0.05, 0.1) is 6.33 Å². The molecule has 2 aromatic heterocycles. The third-order valence-electron chi connectivity index (χ3n) is 3.41. The van der Waals surface area contributed by atoms with Crippen LogP contribution in [0.1, 0.15) is 6.23 Å². The Balaban J connectivity index is 1.93. The molecule has 11 nitrogen and oxygen atoms in total. The Morgan fingerprint density at radius 2 is 2.00 bits per heavy atom. The van der Waals surface area contributed by atoms with E-state index in [1.807, 2.05) is 0 Å². The number of aliphatic hydroxyl groups is 2. The van der Waals surface area contributed by atoms with Crippen LogP contribution in [0, 0.1) is 0 Å². The van der Waals surface area contributed by atoms with Gasteiger partial charge < -0.3 is 30.5 Å². The molecule has 12 heteroatoms. The minimum atomic E-state index is -4.40. The number of fused-ring (bicyclic) bond motifs is 1. The van der Waals surface area contributed by atoms with E-state index in [2.05, 4.69) is 15.0 Å². The van der Waals surface area contributed by atoms with Gasteiger partial charge in [0, 0.05) is 5.82 Å². The van der Waals surface area contributed by atoms with Gasteiger partial charge in [0.25, 0.3) is 0 Å². The van der Waals surface area contributed by atoms with E-state index in [0.717, 1.165) is 6.08 Å². The quantitative estimate of drug-likeness (QED) is 0.422. The SMILES string of the molecule is Nc1ncnc2c1ncn2[C@@H]1O[C@H](C=CP(=O)(O)O)[C@@H](O)[C@H]1O. The van der Waals surface area contributed by atoms with E-state index in [1.54, 1.807) is 0 Å². The van der Waals surface area contributed by atoms with Crippen molar-refractivity contribution < 1.29 is 29.3 Å². The normalized spacial score (nSPS) is 28.9. The van der Waals surface area contributed by atoms with Gasteiger partial charge in [-0.3, -0.25) is 9.13 Å². The summed E-state index contributed by atoms with van der Waals surface area (Å²) >= 11 is 0. The molecule has 0 unspecified atom stereocenters. The lowest BCUT2D eigenvalue weighted by Gasteiger charge is -2.16. The summed E-state index contributed by atoms with van der Waals surface area (Å²) in [6, 6.07) is 0. The van der Waals surface area contributed by atoms with Crippen molar-refractivity contribution in [1.82, 2.24) is 19.5 Å². The smallest absolute Gasteiger partial charge is 0.348 e. The first-order valence-electron chi connectivity index (χ1n) is 6.47. The summed E-state index contributed by atoms with van der Waals surface area (Å²) in [6.45, 7) is 0. The van der Waals surface area contributed by atoms with Crippen molar-refractivity contribution in [1.29, 1.82) is 0 Å². The molecule has 0 aromatic carbocycles. The third-order valence-corrected chi connectivity index (χ3v) is 3.97. The van der Waals surface area contributed by atoms with Gasteiger partial charge in [-0.2, -0.15) is 0 Å². The lowest BCUT2D eigenvalue weighted by molar-refractivity contribution is -0.0244. The van der Waals surface area contributed by atoms with E-state index in [0.29, 0.717) is 17.0 Å². The van der Waals surface area contributed by atoms with Crippen molar-refractivity contribution in [3.63, 3.8) is 0 Å². The summed E-state index contributed by atoms with van der Waals surface area (Å²) in [5, 5.41) is 20.1. The fourth-order valence-electron chi connectivity index (χ4n) is 2.33. The summed E-state index contributed by atoms with van der Waals surface area (Å²) in [5.41, 5.74) is 6.29. The molecule has 6 N–H and O–H groups in total. The van der Waals surface area contributed by atoms with Crippen molar-refractivity contribution in [3.8, 4) is 0 Å². The Hall–Kier alpha value is -1.88. The molecular weight excluding hydrogens is 329 g/mol. The molecular formula is C11H14N5O6P. The second-order valence-electron chi connectivity index (χ2n) is 4.99. The van der Waals surface area contributed by atoms with Crippen LogP contribution in [0.25, 0.3) is 11.2 Å². The summed E-state index contributed by atoms with van der Waals surface area (Å²) in [6.07, 6.45) is -1.31. The van der Waals surface area contributed by atoms with Crippen LogP contribution in [-0.2, 0) is 9.30 Å². The van der Waals surface area contributed by atoms with Crippen molar-refractivity contribution in [2.45, 2.75) is 24.5 Å². The molecule has 3 rings (SSSR count). The number of hydrogen-bond donors (Lipinski definition) is 5. The standard InChI is InChI=1S/C11H14N5O6P/c12-9-6-10(14-3-13-9)16(4-15-6)11-8(18)7(17)5(22-11)1-2-23(19,20)21/h1-5,7-8,11,17-18H,(H2,12,13,14)(H2,19,20,21)/t5-,7-,8-,11-/m1/s1. The fraction of sp³-hybridized carbons (Fsp3) is 0.364. The zero-order chi connectivity index (χ0) is 16.8. The maximum absolute atomic E-state index is 10.9. The molecule has 0 saturated carbocycles. The molecule has 2 aromatic rings. The molecule has 0 bridgehead atoms. The van der Waals surface area contributed by atoms with E-state index in [9.17, 15) is 14.8 Å².